The van der Waals surface area contributed by atoms with E-state index in [9.17, 15) is 9.50 Å². The van der Waals surface area contributed by atoms with Gasteiger partial charge in [-0.15, -0.1) is 11.3 Å². The molecule has 0 fully saturated rings. The Morgan fingerprint density at radius 3 is 2.81 bits per heavy atom. The van der Waals surface area contributed by atoms with E-state index in [0.29, 0.717) is 11.4 Å². The second-order valence-corrected chi connectivity index (χ2v) is 4.84. The third-order valence-electron chi connectivity index (χ3n) is 2.27. The molecule has 0 amide bonds. The largest absolute Gasteiger partial charge is 0.387 e. The number of hydrogen-bond donors (Lipinski definition) is 1. The number of rotatable bonds is 3. The molecule has 0 radical (unpaired) electrons. The van der Waals surface area contributed by atoms with Gasteiger partial charge in [0.2, 0.25) is 0 Å². The second kappa shape index (κ2) is 4.95. The predicted octanol–water partition coefficient (Wildman–Crippen LogP) is 3.82. The van der Waals surface area contributed by atoms with Crippen molar-refractivity contribution < 1.29 is 9.50 Å². The van der Waals surface area contributed by atoms with E-state index in [4.69, 9.17) is 11.6 Å². The molecular formula is C12H10ClFOS. The van der Waals surface area contributed by atoms with Gasteiger partial charge in [-0.1, -0.05) is 23.7 Å². The Labute approximate surface area is 102 Å². The molecule has 1 aromatic heterocycles. The molecule has 0 aliphatic carbocycles. The number of aliphatic hydroxyl groups is 1. The molecule has 2 aromatic rings. The summed E-state index contributed by atoms with van der Waals surface area (Å²) in [7, 11) is 0. The lowest BCUT2D eigenvalue weighted by atomic mass is 10.1. The van der Waals surface area contributed by atoms with Gasteiger partial charge in [0.05, 0.1) is 16.0 Å². The summed E-state index contributed by atoms with van der Waals surface area (Å²) < 4.78 is 12.9. The fourth-order valence-corrected chi connectivity index (χ4v) is 2.69. The Morgan fingerprint density at radius 2 is 2.19 bits per heavy atom. The SMILES string of the molecule is OC(Cc1cccc(F)c1)c1sccc1Cl. The normalized spacial score (nSPS) is 12.7. The molecule has 84 valence electrons. The Hall–Kier alpha value is -0.900. The first-order chi connectivity index (χ1) is 7.66. The van der Waals surface area contributed by atoms with E-state index in [1.165, 1.54) is 23.5 Å². The van der Waals surface area contributed by atoms with Crippen LogP contribution in [-0.4, -0.2) is 5.11 Å². The zero-order valence-electron chi connectivity index (χ0n) is 8.36. The number of halogens is 2. The summed E-state index contributed by atoms with van der Waals surface area (Å²) in [5.41, 5.74) is 0.761. The van der Waals surface area contributed by atoms with E-state index in [2.05, 4.69) is 0 Å². The quantitative estimate of drug-likeness (QED) is 0.885. The smallest absolute Gasteiger partial charge is 0.123 e. The highest BCUT2D eigenvalue weighted by Crippen LogP contribution is 2.30. The van der Waals surface area contributed by atoms with Crippen LogP contribution in [0.2, 0.25) is 5.02 Å². The lowest BCUT2D eigenvalue weighted by molar-refractivity contribution is 0.182. The van der Waals surface area contributed by atoms with Crippen LogP contribution in [-0.2, 0) is 6.42 Å². The van der Waals surface area contributed by atoms with Gasteiger partial charge in [0.25, 0.3) is 0 Å². The molecular weight excluding hydrogens is 247 g/mol. The Bertz CT molecular complexity index is 483. The maximum atomic E-state index is 12.9. The van der Waals surface area contributed by atoms with E-state index in [1.54, 1.807) is 18.2 Å². The third-order valence-corrected chi connectivity index (χ3v) is 3.73. The average Bonchev–Trinajstić information content (AvgIpc) is 2.64. The lowest BCUT2D eigenvalue weighted by Gasteiger charge is -2.09. The highest BCUT2D eigenvalue weighted by atomic mass is 35.5. The molecule has 1 atom stereocenters. The number of benzene rings is 1. The molecule has 1 nitrogen and oxygen atoms in total. The molecule has 0 spiro atoms. The molecule has 1 heterocycles. The van der Waals surface area contributed by atoms with Gasteiger partial charge in [0.1, 0.15) is 5.82 Å². The standard InChI is InChI=1S/C12H10ClFOS/c13-10-4-5-16-12(10)11(15)7-8-2-1-3-9(14)6-8/h1-6,11,15H,7H2. The van der Waals surface area contributed by atoms with Gasteiger partial charge in [0, 0.05) is 6.42 Å². The van der Waals surface area contributed by atoms with Gasteiger partial charge in [0.15, 0.2) is 0 Å². The molecule has 0 saturated carbocycles. The lowest BCUT2D eigenvalue weighted by Crippen LogP contribution is -2.00. The van der Waals surface area contributed by atoms with Crippen molar-refractivity contribution in [3.8, 4) is 0 Å². The van der Waals surface area contributed by atoms with Crippen LogP contribution in [0.15, 0.2) is 35.7 Å². The number of thiophene rings is 1. The average molecular weight is 257 g/mol. The van der Waals surface area contributed by atoms with Gasteiger partial charge in [-0.3, -0.25) is 0 Å². The molecule has 0 saturated heterocycles. The summed E-state index contributed by atoms with van der Waals surface area (Å²) in [4.78, 5) is 0.728. The first-order valence-electron chi connectivity index (χ1n) is 4.82. The summed E-state index contributed by atoms with van der Waals surface area (Å²) >= 11 is 7.31. The zero-order valence-corrected chi connectivity index (χ0v) is 9.93. The van der Waals surface area contributed by atoms with Crippen molar-refractivity contribution in [1.82, 2.24) is 0 Å². The van der Waals surface area contributed by atoms with Crippen molar-refractivity contribution in [2.45, 2.75) is 12.5 Å². The molecule has 4 heteroatoms. The minimum atomic E-state index is -0.672. The highest BCUT2D eigenvalue weighted by Gasteiger charge is 2.13. The summed E-state index contributed by atoms with van der Waals surface area (Å²) in [6, 6.07) is 7.97. The summed E-state index contributed by atoms with van der Waals surface area (Å²) in [6.07, 6.45) is -0.299. The minimum Gasteiger partial charge on any atom is -0.387 e. The number of aliphatic hydroxyl groups excluding tert-OH is 1. The zero-order chi connectivity index (χ0) is 11.5. The van der Waals surface area contributed by atoms with Crippen LogP contribution in [0.3, 0.4) is 0 Å². The van der Waals surface area contributed by atoms with Crippen LogP contribution >= 0.6 is 22.9 Å². The molecule has 1 aromatic carbocycles. The predicted molar refractivity (Wildman–Crippen MR) is 64.4 cm³/mol. The van der Waals surface area contributed by atoms with Crippen LogP contribution in [0, 0.1) is 5.82 Å². The second-order valence-electron chi connectivity index (χ2n) is 3.48. The van der Waals surface area contributed by atoms with Gasteiger partial charge in [-0.05, 0) is 29.1 Å². The molecule has 2 rings (SSSR count). The summed E-state index contributed by atoms with van der Waals surface area (Å²) in [6.45, 7) is 0. The van der Waals surface area contributed by atoms with Crippen LogP contribution in [0.25, 0.3) is 0 Å². The molecule has 0 aliphatic heterocycles. The van der Waals surface area contributed by atoms with Crippen LogP contribution in [0.4, 0.5) is 4.39 Å². The third kappa shape index (κ3) is 2.61. The van der Waals surface area contributed by atoms with Gasteiger partial charge < -0.3 is 5.11 Å². The summed E-state index contributed by atoms with van der Waals surface area (Å²) in [5.74, 6) is -0.290. The van der Waals surface area contributed by atoms with E-state index in [-0.39, 0.29) is 5.82 Å². The molecule has 1 unspecified atom stereocenters. The van der Waals surface area contributed by atoms with Gasteiger partial charge in [-0.2, -0.15) is 0 Å². The van der Waals surface area contributed by atoms with Crippen LogP contribution in [0.5, 0.6) is 0 Å². The van der Waals surface area contributed by atoms with Gasteiger partial charge >= 0.3 is 0 Å². The first-order valence-corrected chi connectivity index (χ1v) is 6.08. The van der Waals surface area contributed by atoms with E-state index >= 15 is 0 Å². The Kier molecular flexibility index (Phi) is 3.59. The highest BCUT2D eigenvalue weighted by molar-refractivity contribution is 7.10. The van der Waals surface area contributed by atoms with E-state index in [0.717, 1.165) is 10.4 Å². The monoisotopic (exact) mass is 256 g/mol. The molecule has 0 aliphatic rings. The summed E-state index contributed by atoms with van der Waals surface area (Å²) in [5, 5.41) is 12.3. The van der Waals surface area contributed by atoms with Gasteiger partial charge in [-0.25, -0.2) is 4.39 Å². The molecule has 1 N–H and O–H groups in total. The van der Waals surface area contributed by atoms with Crippen molar-refractivity contribution in [2.24, 2.45) is 0 Å². The van der Waals surface area contributed by atoms with Crippen LogP contribution < -0.4 is 0 Å². The van der Waals surface area contributed by atoms with Crippen molar-refractivity contribution in [2.75, 3.05) is 0 Å². The topological polar surface area (TPSA) is 20.2 Å². The molecule has 0 bridgehead atoms. The Morgan fingerprint density at radius 1 is 1.38 bits per heavy atom. The Balaban J connectivity index is 2.14. The van der Waals surface area contributed by atoms with Crippen molar-refractivity contribution in [3.63, 3.8) is 0 Å². The van der Waals surface area contributed by atoms with Crippen molar-refractivity contribution >= 4 is 22.9 Å². The van der Waals surface area contributed by atoms with E-state index in [1.807, 2.05) is 5.38 Å². The number of hydrogen-bond acceptors (Lipinski definition) is 2. The van der Waals surface area contributed by atoms with Crippen LogP contribution in [0.1, 0.15) is 16.5 Å². The van der Waals surface area contributed by atoms with Crippen molar-refractivity contribution in [1.29, 1.82) is 0 Å². The van der Waals surface area contributed by atoms with Crippen molar-refractivity contribution in [3.05, 3.63) is 57.0 Å². The molecule has 16 heavy (non-hydrogen) atoms. The van der Waals surface area contributed by atoms with E-state index < -0.39 is 6.10 Å². The maximum absolute atomic E-state index is 12.9. The fraction of sp³-hybridized carbons (Fsp3) is 0.167. The fourth-order valence-electron chi connectivity index (χ4n) is 1.52. The maximum Gasteiger partial charge on any atom is 0.123 e. The first kappa shape index (κ1) is 11.6. The minimum absolute atomic E-state index is 0.290.